The molecule has 8 nitrogen and oxygen atoms in total. The van der Waals surface area contributed by atoms with Crippen LogP contribution >= 0.6 is 0 Å². The van der Waals surface area contributed by atoms with Crippen LogP contribution in [0.2, 0.25) is 0 Å². The molecule has 1 aromatic carbocycles. The molecule has 2 aromatic rings. The van der Waals surface area contributed by atoms with Gasteiger partial charge in [-0.1, -0.05) is 6.07 Å². The Balaban J connectivity index is 1.29. The highest BCUT2D eigenvalue weighted by atomic mass is 16.5. The number of hydrogen-bond acceptors (Lipinski definition) is 6. The summed E-state index contributed by atoms with van der Waals surface area (Å²) in [5.74, 6) is 1.80. The van der Waals surface area contributed by atoms with E-state index in [4.69, 9.17) is 14.2 Å². The van der Waals surface area contributed by atoms with Crippen molar-refractivity contribution in [2.24, 2.45) is 0 Å². The lowest BCUT2D eigenvalue weighted by atomic mass is 9.93. The summed E-state index contributed by atoms with van der Waals surface area (Å²) in [5.41, 5.74) is 2.42. The monoisotopic (exact) mass is 414 g/mol. The van der Waals surface area contributed by atoms with Crippen LogP contribution in [-0.4, -0.2) is 79.0 Å². The number of aromatic nitrogens is 2. The van der Waals surface area contributed by atoms with Crippen LogP contribution in [0, 0.1) is 0 Å². The number of amides is 1. The fourth-order valence-corrected chi connectivity index (χ4v) is 4.13. The molecule has 0 radical (unpaired) electrons. The molecule has 1 aromatic heterocycles. The molecule has 4 rings (SSSR count). The van der Waals surface area contributed by atoms with E-state index in [1.165, 1.54) is 11.3 Å². The van der Waals surface area contributed by atoms with Gasteiger partial charge in [-0.15, -0.1) is 0 Å². The van der Waals surface area contributed by atoms with E-state index in [2.05, 4.69) is 27.2 Å². The van der Waals surface area contributed by atoms with E-state index < -0.39 is 0 Å². The number of nitrogens with one attached hydrogen (secondary N) is 1. The first-order valence-corrected chi connectivity index (χ1v) is 10.6. The van der Waals surface area contributed by atoms with Crippen molar-refractivity contribution >= 4 is 5.91 Å². The fraction of sp³-hybridized carbons (Fsp3) is 0.545. The molecule has 1 amide bonds. The molecule has 2 fully saturated rings. The van der Waals surface area contributed by atoms with Gasteiger partial charge in [-0.2, -0.15) is 5.10 Å². The molecule has 0 atom stereocenters. The lowest BCUT2D eigenvalue weighted by Crippen LogP contribution is -2.43. The third-order valence-electron chi connectivity index (χ3n) is 5.90. The van der Waals surface area contributed by atoms with Gasteiger partial charge in [0.05, 0.1) is 20.3 Å². The second kappa shape index (κ2) is 9.95. The maximum absolute atomic E-state index is 12.3. The van der Waals surface area contributed by atoms with Crippen molar-refractivity contribution in [3.05, 3.63) is 41.7 Å². The van der Waals surface area contributed by atoms with Gasteiger partial charge in [-0.25, -0.2) is 0 Å². The van der Waals surface area contributed by atoms with E-state index in [-0.39, 0.29) is 12.5 Å². The summed E-state index contributed by atoms with van der Waals surface area (Å²) < 4.78 is 16.6. The van der Waals surface area contributed by atoms with Crippen LogP contribution in [-0.2, 0) is 16.1 Å². The smallest absolute Gasteiger partial charge is 0.260 e. The van der Waals surface area contributed by atoms with Gasteiger partial charge >= 0.3 is 0 Å². The Morgan fingerprint density at radius 2 is 1.97 bits per heavy atom. The zero-order valence-corrected chi connectivity index (χ0v) is 17.5. The summed E-state index contributed by atoms with van der Waals surface area (Å²) >= 11 is 0. The second-order valence-corrected chi connectivity index (χ2v) is 7.83. The van der Waals surface area contributed by atoms with Gasteiger partial charge in [0.25, 0.3) is 5.91 Å². The molecule has 30 heavy (non-hydrogen) atoms. The van der Waals surface area contributed by atoms with Crippen LogP contribution in [0.3, 0.4) is 0 Å². The Bertz CT molecular complexity index is 813. The summed E-state index contributed by atoms with van der Waals surface area (Å²) in [5, 5.41) is 7.17. The zero-order valence-electron chi connectivity index (χ0n) is 17.5. The average Bonchev–Trinajstić information content (AvgIpc) is 3.34. The minimum absolute atomic E-state index is 0.0107. The lowest BCUT2D eigenvalue weighted by molar-refractivity contribution is -0.137. The number of piperidine rings is 1. The number of ether oxygens (including phenoxy) is 3. The van der Waals surface area contributed by atoms with Gasteiger partial charge in [0.15, 0.2) is 18.1 Å². The van der Waals surface area contributed by atoms with Crippen LogP contribution < -0.4 is 9.47 Å². The average molecular weight is 415 g/mol. The molecule has 8 heteroatoms. The molecule has 0 aliphatic carbocycles. The van der Waals surface area contributed by atoms with Crippen LogP contribution in [0.25, 0.3) is 0 Å². The first kappa shape index (κ1) is 20.7. The maximum Gasteiger partial charge on any atom is 0.260 e. The second-order valence-electron chi connectivity index (χ2n) is 7.83. The predicted molar refractivity (Wildman–Crippen MR) is 112 cm³/mol. The molecule has 1 N–H and O–H groups in total. The van der Waals surface area contributed by atoms with Crippen molar-refractivity contribution in [2.45, 2.75) is 25.3 Å². The van der Waals surface area contributed by atoms with E-state index in [1.54, 1.807) is 12.0 Å². The molecule has 0 unspecified atom stereocenters. The largest absolute Gasteiger partial charge is 0.493 e. The topological polar surface area (TPSA) is 79.9 Å². The normalized spacial score (nSPS) is 18.4. The number of nitrogens with zero attached hydrogens (tertiary/aromatic N) is 3. The molecule has 2 aliphatic heterocycles. The van der Waals surface area contributed by atoms with E-state index in [9.17, 15) is 4.79 Å². The van der Waals surface area contributed by atoms with Crippen molar-refractivity contribution in [2.75, 3.05) is 53.1 Å². The summed E-state index contributed by atoms with van der Waals surface area (Å²) in [6.45, 7) is 5.41. The van der Waals surface area contributed by atoms with E-state index in [1.807, 2.05) is 18.3 Å². The SMILES string of the molecule is COc1cc(CN2CCC(c3ccn[nH]3)CC2)ccc1OCC(=O)N1CCOCC1. The van der Waals surface area contributed by atoms with Crippen molar-refractivity contribution in [3.8, 4) is 11.5 Å². The van der Waals surface area contributed by atoms with Gasteiger partial charge in [-0.05, 0) is 49.7 Å². The number of hydrogen-bond donors (Lipinski definition) is 1. The number of benzene rings is 1. The standard InChI is InChI=1S/C22H30N4O4/c1-28-21-14-17(15-25-8-5-18(6-9-25)19-4-7-23-24-19)2-3-20(21)30-16-22(27)26-10-12-29-13-11-26/h2-4,7,14,18H,5-6,8-13,15-16H2,1H3,(H,23,24). The molecule has 162 valence electrons. The number of carbonyl (C=O) groups is 1. The third kappa shape index (κ3) is 5.12. The number of H-pyrrole nitrogens is 1. The van der Waals surface area contributed by atoms with Crippen molar-refractivity contribution in [1.29, 1.82) is 0 Å². The third-order valence-corrected chi connectivity index (χ3v) is 5.90. The first-order valence-electron chi connectivity index (χ1n) is 10.6. The van der Waals surface area contributed by atoms with Crippen LogP contribution in [0.5, 0.6) is 11.5 Å². The highest BCUT2D eigenvalue weighted by molar-refractivity contribution is 5.78. The van der Waals surface area contributed by atoms with Crippen molar-refractivity contribution in [3.63, 3.8) is 0 Å². The fourth-order valence-electron chi connectivity index (χ4n) is 4.13. The number of methoxy groups -OCH3 is 1. The highest BCUT2D eigenvalue weighted by Crippen LogP contribution is 2.30. The van der Waals surface area contributed by atoms with E-state index >= 15 is 0 Å². The molecular formula is C22H30N4O4. The molecule has 3 heterocycles. The Kier molecular flexibility index (Phi) is 6.86. The minimum atomic E-state index is -0.0235. The Labute approximate surface area is 177 Å². The Hall–Kier alpha value is -2.58. The Morgan fingerprint density at radius 1 is 1.17 bits per heavy atom. The summed E-state index contributed by atoms with van der Waals surface area (Å²) in [7, 11) is 1.63. The lowest BCUT2D eigenvalue weighted by Gasteiger charge is -2.31. The van der Waals surface area contributed by atoms with Crippen LogP contribution in [0.4, 0.5) is 0 Å². The number of aromatic amines is 1. The Morgan fingerprint density at radius 3 is 2.67 bits per heavy atom. The van der Waals surface area contributed by atoms with Gasteiger partial charge in [0.2, 0.25) is 0 Å². The first-order chi connectivity index (χ1) is 14.7. The summed E-state index contributed by atoms with van der Waals surface area (Å²) in [6, 6.07) is 8.04. The molecule has 2 aliphatic rings. The van der Waals surface area contributed by atoms with E-state index in [0.717, 1.165) is 32.5 Å². The summed E-state index contributed by atoms with van der Waals surface area (Å²) in [4.78, 5) is 16.5. The van der Waals surface area contributed by atoms with Gasteiger partial charge in [0, 0.05) is 37.4 Å². The number of rotatable bonds is 7. The molecule has 0 saturated carbocycles. The van der Waals surface area contributed by atoms with Gasteiger partial charge in [-0.3, -0.25) is 14.8 Å². The number of likely N-dealkylation sites (tertiary alicyclic amines) is 1. The number of morpholine rings is 1. The van der Waals surface area contributed by atoms with E-state index in [0.29, 0.717) is 43.7 Å². The highest BCUT2D eigenvalue weighted by Gasteiger charge is 2.22. The van der Waals surface area contributed by atoms with Gasteiger partial charge < -0.3 is 19.1 Å². The number of carbonyl (C=O) groups excluding carboxylic acids is 1. The van der Waals surface area contributed by atoms with Crippen LogP contribution in [0.15, 0.2) is 30.5 Å². The molecule has 2 saturated heterocycles. The van der Waals surface area contributed by atoms with Crippen molar-refractivity contribution < 1.29 is 19.0 Å². The summed E-state index contributed by atoms with van der Waals surface area (Å²) in [6.07, 6.45) is 4.08. The minimum Gasteiger partial charge on any atom is -0.493 e. The van der Waals surface area contributed by atoms with Crippen molar-refractivity contribution in [1.82, 2.24) is 20.0 Å². The molecule has 0 bridgehead atoms. The molecule has 0 spiro atoms. The quantitative estimate of drug-likeness (QED) is 0.747. The van der Waals surface area contributed by atoms with Gasteiger partial charge in [0.1, 0.15) is 0 Å². The van der Waals surface area contributed by atoms with Crippen LogP contribution in [0.1, 0.15) is 30.0 Å². The maximum atomic E-state index is 12.3. The molecular weight excluding hydrogens is 384 g/mol. The predicted octanol–water partition coefficient (Wildman–Crippen LogP) is 2.04. The zero-order chi connectivity index (χ0) is 20.8.